The number of hydrogen-bond donors (Lipinski definition) is 4. The molecular weight excluding hydrogens is 448 g/mol. The lowest BCUT2D eigenvalue weighted by Gasteiger charge is -2.08. The summed E-state index contributed by atoms with van der Waals surface area (Å²) in [6, 6.07) is 21.3. The van der Waals surface area contributed by atoms with Crippen LogP contribution in [-0.4, -0.2) is 20.2 Å². The number of primary sulfonamides is 1. The van der Waals surface area contributed by atoms with Gasteiger partial charge in [-0.1, -0.05) is 60.7 Å². The maximum Gasteiger partial charge on any atom is 0.238 e. The normalized spacial score (nSPS) is 10.8. The molecule has 9 heteroatoms. The van der Waals surface area contributed by atoms with Crippen LogP contribution in [0.2, 0.25) is 0 Å². The minimum absolute atomic E-state index is 0. The van der Waals surface area contributed by atoms with Crippen LogP contribution in [-0.2, 0) is 27.8 Å². The summed E-state index contributed by atoms with van der Waals surface area (Å²) in [7, 11) is -3.72. The summed E-state index contributed by atoms with van der Waals surface area (Å²) in [5, 5.41) is 15.4. The molecule has 0 aliphatic carbocycles. The molecule has 0 saturated carbocycles. The number of nitrogens with two attached hydrogens (primary N) is 2. The highest BCUT2D eigenvalue weighted by molar-refractivity contribution is 7.89. The number of amidine groups is 1. The van der Waals surface area contributed by atoms with Crippen molar-refractivity contribution in [2.75, 3.05) is 0 Å². The van der Waals surface area contributed by atoms with Gasteiger partial charge in [0.25, 0.3) is 0 Å². The summed E-state index contributed by atoms with van der Waals surface area (Å²) in [6.07, 6.45) is 0.928. The summed E-state index contributed by atoms with van der Waals surface area (Å²) in [5.74, 6) is -0.0447. The van der Waals surface area contributed by atoms with Gasteiger partial charge in [-0.3, -0.25) is 10.2 Å². The molecule has 32 heavy (non-hydrogen) atoms. The van der Waals surface area contributed by atoms with Gasteiger partial charge in [0.1, 0.15) is 5.84 Å². The Morgan fingerprint density at radius 1 is 0.906 bits per heavy atom. The van der Waals surface area contributed by atoms with Crippen LogP contribution in [0, 0.1) is 5.41 Å². The fraction of sp³-hybridized carbons (Fsp3) is 0.130. The zero-order chi connectivity index (χ0) is 22.4. The molecule has 3 rings (SSSR count). The molecule has 0 radical (unpaired) electrons. The van der Waals surface area contributed by atoms with Gasteiger partial charge in [0, 0.05) is 18.5 Å². The lowest BCUT2D eigenvalue weighted by atomic mass is 10.0. The van der Waals surface area contributed by atoms with Gasteiger partial charge in [-0.25, -0.2) is 13.6 Å². The number of nitrogens with one attached hydrogen (secondary N) is 2. The molecule has 0 aromatic heterocycles. The first kappa shape index (κ1) is 25.1. The Kier molecular flexibility index (Phi) is 8.54. The average molecular weight is 473 g/mol. The Morgan fingerprint density at radius 3 is 2.16 bits per heavy atom. The van der Waals surface area contributed by atoms with E-state index in [2.05, 4.69) is 5.32 Å². The van der Waals surface area contributed by atoms with Crippen molar-refractivity contribution < 1.29 is 13.2 Å². The second kappa shape index (κ2) is 10.9. The maximum atomic E-state index is 12.2. The monoisotopic (exact) mass is 472 g/mol. The summed E-state index contributed by atoms with van der Waals surface area (Å²) in [4.78, 5) is 12.3. The number of benzene rings is 3. The first-order chi connectivity index (χ1) is 14.7. The molecule has 0 aliphatic heterocycles. The Hall–Kier alpha value is -3.20. The smallest absolute Gasteiger partial charge is 0.238 e. The SMILES string of the molecule is Cl.N=C(N)c1ccc(CNC(=O)CCc2cccc(-c3ccc(S(N)(=O)=O)cc3)c2)cc1. The van der Waals surface area contributed by atoms with Crippen molar-refractivity contribution in [2.24, 2.45) is 10.9 Å². The number of amides is 1. The second-order valence-electron chi connectivity index (χ2n) is 7.16. The Bertz CT molecular complexity index is 1190. The molecule has 6 N–H and O–H groups in total. The molecule has 0 bridgehead atoms. The maximum absolute atomic E-state index is 12.2. The number of aryl methyl sites for hydroxylation is 1. The van der Waals surface area contributed by atoms with Gasteiger partial charge in [0.05, 0.1) is 4.90 Å². The van der Waals surface area contributed by atoms with Crippen molar-refractivity contribution in [1.82, 2.24) is 5.32 Å². The van der Waals surface area contributed by atoms with Crippen molar-refractivity contribution in [3.63, 3.8) is 0 Å². The van der Waals surface area contributed by atoms with Crippen LogP contribution in [0.5, 0.6) is 0 Å². The first-order valence-electron chi connectivity index (χ1n) is 9.64. The molecule has 0 spiro atoms. The molecule has 0 unspecified atom stereocenters. The number of carbonyl (C=O) groups excluding carboxylic acids is 1. The number of hydrogen-bond acceptors (Lipinski definition) is 4. The third-order valence-corrected chi connectivity index (χ3v) is 5.77. The van der Waals surface area contributed by atoms with E-state index in [9.17, 15) is 13.2 Å². The standard InChI is InChI=1S/C23H24N4O3S.ClH/c24-23(25)19-7-4-17(5-8-19)15-27-22(28)13-6-16-2-1-3-20(14-16)18-9-11-21(12-10-18)31(26,29)30;/h1-5,7-12,14H,6,13,15H2,(H3,24,25)(H,27,28)(H2,26,29,30);1H. The highest BCUT2D eigenvalue weighted by Gasteiger charge is 2.08. The van der Waals surface area contributed by atoms with E-state index in [1.807, 2.05) is 36.4 Å². The number of sulfonamides is 1. The van der Waals surface area contributed by atoms with Crippen LogP contribution < -0.4 is 16.2 Å². The van der Waals surface area contributed by atoms with E-state index >= 15 is 0 Å². The van der Waals surface area contributed by atoms with Crippen molar-refractivity contribution >= 4 is 34.2 Å². The largest absolute Gasteiger partial charge is 0.384 e. The lowest BCUT2D eigenvalue weighted by Crippen LogP contribution is -2.23. The molecule has 0 atom stereocenters. The van der Waals surface area contributed by atoms with E-state index in [-0.39, 0.29) is 29.0 Å². The Morgan fingerprint density at radius 2 is 1.56 bits per heavy atom. The average Bonchev–Trinajstić information content (AvgIpc) is 2.76. The van der Waals surface area contributed by atoms with Crippen LogP contribution in [0.3, 0.4) is 0 Å². The zero-order valence-electron chi connectivity index (χ0n) is 17.2. The van der Waals surface area contributed by atoms with Crippen LogP contribution in [0.25, 0.3) is 11.1 Å². The van der Waals surface area contributed by atoms with Crippen LogP contribution >= 0.6 is 12.4 Å². The Labute approximate surface area is 193 Å². The minimum Gasteiger partial charge on any atom is -0.384 e. The van der Waals surface area contributed by atoms with Crippen LogP contribution in [0.4, 0.5) is 0 Å². The van der Waals surface area contributed by atoms with E-state index in [1.54, 1.807) is 24.3 Å². The predicted octanol–water partition coefficient (Wildman–Crippen LogP) is 2.96. The third-order valence-electron chi connectivity index (χ3n) is 4.84. The topological polar surface area (TPSA) is 139 Å². The summed E-state index contributed by atoms with van der Waals surface area (Å²) in [5.41, 5.74) is 9.83. The molecular formula is C23H25ClN4O3S. The van der Waals surface area contributed by atoms with Gasteiger partial charge in [-0.05, 0) is 40.8 Å². The molecule has 168 valence electrons. The van der Waals surface area contributed by atoms with E-state index in [0.717, 1.165) is 22.3 Å². The van der Waals surface area contributed by atoms with Gasteiger partial charge < -0.3 is 11.1 Å². The molecule has 7 nitrogen and oxygen atoms in total. The van der Waals surface area contributed by atoms with Gasteiger partial charge in [-0.15, -0.1) is 12.4 Å². The number of rotatable bonds is 8. The first-order valence-corrected chi connectivity index (χ1v) is 11.2. The molecule has 3 aromatic carbocycles. The fourth-order valence-electron chi connectivity index (χ4n) is 3.09. The highest BCUT2D eigenvalue weighted by atomic mass is 35.5. The van der Waals surface area contributed by atoms with Crippen molar-refractivity contribution in [3.8, 4) is 11.1 Å². The second-order valence-corrected chi connectivity index (χ2v) is 8.72. The van der Waals surface area contributed by atoms with E-state index < -0.39 is 10.0 Å². The molecule has 0 heterocycles. The molecule has 0 fully saturated rings. The van der Waals surface area contributed by atoms with E-state index in [4.69, 9.17) is 16.3 Å². The molecule has 1 amide bonds. The van der Waals surface area contributed by atoms with Crippen molar-refractivity contribution in [2.45, 2.75) is 24.3 Å². The van der Waals surface area contributed by atoms with Crippen LogP contribution in [0.15, 0.2) is 77.7 Å². The zero-order valence-corrected chi connectivity index (χ0v) is 18.9. The number of halogens is 1. The lowest BCUT2D eigenvalue weighted by molar-refractivity contribution is -0.121. The van der Waals surface area contributed by atoms with E-state index in [1.165, 1.54) is 12.1 Å². The fourth-order valence-corrected chi connectivity index (χ4v) is 3.61. The third kappa shape index (κ3) is 6.91. The van der Waals surface area contributed by atoms with Gasteiger partial charge in [-0.2, -0.15) is 0 Å². The number of nitrogen functional groups attached to an aromatic ring is 1. The van der Waals surface area contributed by atoms with E-state index in [0.29, 0.717) is 24.9 Å². The molecule has 0 saturated heterocycles. The van der Waals surface area contributed by atoms with Crippen LogP contribution in [0.1, 0.15) is 23.1 Å². The highest BCUT2D eigenvalue weighted by Crippen LogP contribution is 2.22. The summed E-state index contributed by atoms with van der Waals surface area (Å²) >= 11 is 0. The van der Waals surface area contributed by atoms with Gasteiger partial charge in [0.15, 0.2) is 0 Å². The minimum atomic E-state index is -3.72. The summed E-state index contributed by atoms with van der Waals surface area (Å²) in [6.45, 7) is 0.410. The van der Waals surface area contributed by atoms with Crippen molar-refractivity contribution in [1.29, 1.82) is 5.41 Å². The van der Waals surface area contributed by atoms with Gasteiger partial charge >= 0.3 is 0 Å². The summed E-state index contributed by atoms with van der Waals surface area (Å²) < 4.78 is 22.8. The van der Waals surface area contributed by atoms with Crippen molar-refractivity contribution in [3.05, 3.63) is 89.5 Å². The molecule has 3 aromatic rings. The molecule has 0 aliphatic rings. The number of carbonyl (C=O) groups is 1. The van der Waals surface area contributed by atoms with Gasteiger partial charge in [0.2, 0.25) is 15.9 Å². The Balaban J connectivity index is 0.00000363. The predicted molar refractivity (Wildman–Crippen MR) is 128 cm³/mol. The quantitative estimate of drug-likeness (QED) is 0.295.